The number of carbonyl (C=O) groups is 1. The maximum absolute atomic E-state index is 12.1. The van der Waals surface area contributed by atoms with Gasteiger partial charge in [-0.3, -0.25) is 9.69 Å². The first-order valence-corrected chi connectivity index (χ1v) is 6.68. The van der Waals surface area contributed by atoms with Crippen molar-refractivity contribution in [3.8, 4) is 0 Å². The highest BCUT2D eigenvalue weighted by molar-refractivity contribution is 5.94. The summed E-state index contributed by atoms with van der Waals surface area (Å²) in [6, 6.07) is 6.90. The number of anilines is 1. The summed E-state index contributed by atoms with van der Waals surface area (Å²) < 4.78 is 0. The zero-order valence-electron chi connectivity index (χ0n) is 11.7. The smallest absolute Gasteiger partial charge is 0.241 e. The van der Waals surface area contributed by atoms with Gasteiger partial charge in [-0.15, -0.1) is 0 Å². The van der Waals surface area contributed by atoms with Crippen molar-refractivity contribution in [2.24, 2.45) is 5.73 Å². The van der Waals surface area contributed by atoms with Crippen molar-refractivity contribution in [2.45, 2.75) is 19.5 Å². The number of amides is 1. The van der Waals surface area contributed by atoms with Crippen molar-refractivity contribution in [3.05, 3.63) is 29.8 Å². The number of hydrogen-bond donors (Lipinski definition) is 4. The number of benzene rings is 1. The minimum atomic E-state index is -0.427. The molecule has 112 valence electrons. The van der Waals surface area contributed by atoms with Crippen molar-refractivity contribution in [3.63, 3.8) is 0 Å². The van der Waals surface area contributed by atoms with Gasteiger partial charge in [0, 0.05) is 25.3 Å². The molecule has 0 fully saturated rings. The zero-order valence-corrected chi connectivity index (χ0v) is 11.7. The Morgan fingerprint density at radius 1 is 1.25 bits per heavy atom. The third-order valence-corrected chi connectivity index (χ3v) is 3.16. The summed E-state index contributed by atoms with van der Waals surface area (Å²) >= 11 is 0. The van der Waals surface area contributed by atoms with Crippen LogP contribution in [0.5, 0.6) is 0 Å². The summed E-state index contributed by atoms with van der Waals surface area (Å²) in [5.41, 5.74) is 7.21. The van der Waals surface area contributed by atoms with E-state index in [4.69, 9.17) is 15.9 Å². The minimum Gasteiger partial charge on any atom is -0.395 e. The second kappa shape index (κ2) is 8.65. The molecule has 0 saturated heterocycles. The fourth-order valence-corrected chi connectivity index (χ4v) is 1.89. The zero-order chi connectivity index (χ0) is 15.0. The van der Waals surface area contributed by atoms with Crippen LogP contribution in [0.4, 0.5) is 5.69 Å². The molecule has 6 heteroatoms. The summed E-state index contributed by atoms with van der Waals surface area (Å²) in [6.45, 7) is 2.80. The monoisotopic (exact) mass is 281 g/mol. The van der Waals surface area contributed by atoms with Crippen LogP contribution in [-0.4, -0.2) is 53.4 Å². The number of aliphatic hydroxyl groups is 2. The van der Waals surface area contributed by atoms with Crippen molar-refractivity contribution in [2.75, 3.05) is 31.6 Å². The molecule has 1 amide bonds. The number of carbonyl (C=O) groups excluding carboxylic acids is 1. The van der Waals surface area contributed by atoms with Gasteiger partial charge in [0.05, 0.1) is 19.3 Å². The Labute approximate surface area is 119 Å². The largest absolute Gasteiger partial charge is 0.395 e. The summed E-state index contributed by atoms with van der Waals surface area (Å²) in [5.74, 6) is -0.174. The standard InChI is InChI=1S/C14H23N3O3/c1-11(17(6-8-18)7-9-19)14(20)16-13-4-2-12(10-15)3-5-13/h2-5,11,18-19H,6-10,15H2,1H3,(H,16,20). The Hall–Kier alpha value is -1.47. The van der Waals surface area contributed by atoms with Gasteiger partial charge >= 0.3 is 0 Å². The molecule has 1 aromatic rings. The maximum atomic E-state index is 12.1. The molecule has 1 rings (SSSR count). The van der Waals surface area contributed by atoms with Crippen molar-refractivity contribution >= 4 is 11.6 Å². The maximum Gasteiger partial charge on any atom is 0.241 e. The van der Waals surface area contributed by atoms with Gasteiger partial charge in [-0.05, 0) is 24.6 Å². The third-order valence-electron chi connectivity index (χ3n) is 3.16. The van der Waals surface area contributed by atoms with Crippen LogP contribution in [0.25, 0.3) is 0 Å². The van der Waals surface area contributed by atoms with E-state index in [2.05, 4.69) is 5.32 Å². The number of nitrogens with zero attached hydrogens (tertiary/aromatic N) is 1. The highest BCUT2D eigenvalue weighted by Crippen LogP contribution is 2.10. The molecule has 5 N–H and O–H groups in total. The van der Waals surface area contributed by atoms with Crippen LogP contribution in [0, 0.1) is 0 Å². The Kier molecular flexibility index (Phi) is 7.17. The van der Waals surface area contributed by atoms with Gasteiger partial charge in [-0.1, -0.05) is 12.1 Å². The van der Waals surface area contributed by atoms with Crippen molar-refractivity contribution in [1.29, 1.82) is 0 Å². The van der Waals surface area contributed by atoms with Gasteiger partial charge in [0.1, 0.15) is 0 Å². The van der Waals surface area contributed by atoms with E-state index in [1.54, 1.807) is 24.0 Å². The first kappa shape index (κ1) is 16.6. The highest BCUT2D eigenvalue weighted by Gasteiger charge is 2.20. The van der Waals surface area contributed by atoms with Gasteiger partial charge in [0.2, 0.25) is 5.91 Å². The number of nitrogens with one attached hydrogen (secondary N) is 1. The summed E-state index contributed by atoms with van der Waals surface area (Å²) in [4.78, 5) is 13.8. The van der Waals surface area contributed by atoms with Gasteiger partial charge < -0.3 is 21.3 Å². The Balaban J connectivity index is 2.62. The van der Waals surface area contributed by atoms with Crippen LogP contribution in [0.3, 0.4) is 0 Å². The lowest BCUT2D eigenvalue weighted by Crippen LogP contribution is -2.44. The Bertz CT molecular complexity index is 403. The Morgan fingerprint density at radius 2 is 1.80 bits per heavy atom. The molecule has 0 aliphatic carbocycles. The normalized spacial score (nSPS) is 12.4. The first-order chi connectivity index (χ1) is 9.62. The lowest BCUT2D eigenvalue weighted by Gasteiger charge is -2.26. The number of aliphatic hydroxyl groups excluding tert-OH is 2. The van der Waals surface area contributed by atoms with Crippen molar-refractivity contribution in [1.82, 2.24) is 4.90 Å². The van der Waals surface area contributed by atoms with E-state index in [9.17, 15) is 4.79 Å². The van der Waals surface area contributed by atoms with Gasteiger partial charge in [0.25, 0.3) is 0 Å². The number of nitrogens with two attached hydrogens (primary N) is 1. The fraction of sp³-hybridized carbons (Fsp3) is 0.500. The first-order valence-electron chi connectivity index (χ1n) is 6.68. The second-order valence-corrected chi connectivity index (χ2v) is 4.55. The minimum absolute atomic E-state index is 0.0528. The SMILES string of the molecule is CC(C(=O)Nc1ccc(CN)cc1)N(CCO)CCO. The summed E-state index contributed by atoms with van der Waals surface area (Å²) in [7, 11) is 0. The van der Waals surface area contributed by atoms with Gasteiger partial charge in [0.15, 0.2) is 0 Å². The lowest BCUT2D eigenvalue weighted by atomic mass is 10.2. The molecule has 0 bridgehead atoms. The average molecular weight is 281 g/mol. The topological polar surface area (TPSA) is 98.8 Å². The predicted molar refractivity (Wildman–Crippen MR) is 78.2 cm³/mol. The summed E-state index contributed by atoms with van der Waals surface area (Å²) in [5, 5.41) is 20.8. The van der Waals surface area contributed by atoms with Crippen LogP contribution in [0.2, 0.25) is 0 Å². The quantitative estimate of drug-likeness (QED) is 0.527. The second-order valence-electron chi connectivity index (χ2n) is 4.55. The van der Waals surface area contributed by atoms with Crippen LogP contribution in [0.15, 0.2) is 24.3 Å². The molecule has 1 aromatic carbocycles. The van der Waals surface area contributed by atoms with E-state index < -0.39 is 6.04 Å². The number of rotatable bonds is 8. The molecule has 0 spiro atoms. The van der Waals surface area contributed by atoms with E-state index in [0.29, 0.717) is 25.3 Å². The molecule has 1 atom stereocenters. The van der Waals surface area contributed by atoms with Crippen LogP contribution < -0.4 is 11.1 Å². The molecule has 0 aliphatic rings. The van der Waals surface area contributed by atoms with E-state index >= 15 is 0 Å². The molecule has 1 unspecified atom stereocenters. The molecule has 0 aromatic heterocycles. The molecule has 0 saturated carbocycles. The van der Waals surface area contributed by atoms with Gasteiger partial charge in [-0.2, -0.15) is 0 Å². The Morgan fingerprint density at radius 3 is 2.25 bits per heavy atom. The van der Waals surface area contributed by atoms with E-state index in [-0.39, 0.29) is 19.1 Å². The number of hydrogen-bond acceptors (Lipinski definition) is 5. The average Bonchev–Trinajstić information content (AvgIpc) is 2.47. The lowest BCUT2D eigenvalue weighted by molar-refractivity contribution is -0.121. The fourth-order valence-electron chi connectivity index (χ4n) is 1.89. The van der Waals surface area contributed by atoms with Crippen molar-refractivity contribution < 1.29 is 15.0 Å². The van der Waals surface area contributed by atoms with Gasteiger partial charge in [-0.25, -0.2) is 0 Å². The predicted octanol–water partition coefficient (Wildman–Crippen LogP) is -0.241. The van der Waals surface area contributed by atoms with Crippen LogP contribution in [0.1, 0.15) is 12.5 Å². The molecule has 6 nitrogen and oxygen atoms in total. The molecule has 20 heavy (non-hydrogen) atoms. The highest BCUT2D eigenvalue weighted by atomic mass is 16.3. The van der Waals surface area contributed by atoms with E-state index in [0.717, 1.165) is 5.56 Å². The molecule has 0 aliphatic heterocycles. The van der Waals surface area contributed by atoms with Crippen LogP contribution >= 0.6 is 0 Å². The molecule has 0 radical (unpaired) electrons. The van der Waals surface area contributed by atoms with E-state index in [1.165, 1.54) is 0 Å². The molecular weight excluding hydrogens is 258 g/mol. The molecular formula is C14H23N3O3. The van der Waals surface area contributed by atoms with E-state index in [1.807, 2.05) is 12.1 Å². The summed E-state index contributed by atoms with van der Waals surface area (Å²) in [6.07, 6.45) is 0. The van der Waals surface area contributed by atoms with Crippen LogP contribution in [-0.2, 0) is 11.3 Å². The third kappa shape index (κ3) is 4.90. The molecule has 0 heterocycles.